The minimum atomic E-state index is -0.231. The van der Waals surface area contributed by atoms with Crippen molar-refractivity contribution in [1.29, 1.82) is 0 Å². The van der Waals surface area contributed by atoms with Gasteiger partial charge in [-0.3, -0.25) is 4.99 Å². The molecule has 102 valence electrons. The number of aromatic nitrogens is 1. The zero-order valence-corrected chi connectivity index (χ0v) is 11.7. The molecule has 0 aliphatic carbocycles. The maximum atomic E-state index is 5.35. The van der Waals surface area contributed by atoms with E-state index in [1.54, 1.807) is 20.4 Å². The summed E-state index contributed by atoms with van der Waals surface area (Å²) in [7, 11) is 5.40. The lowest BCUT2D eigenvalue weighted by Gasteiger charge is -2.27. The molecule has 0 unspecified atom stereocenters. The molecule has 0 atom stereocenters. The van der Waals surface area contributed by atoms with Crippen molar-refractivity contribution in [2.75, 3.05) is 27.7 Å². The van der Waals surface area contributed by atoms with Crippen LogP contribution in [0, 0.1) is 0 Å². The molecule has 1 aromatic heterocycles. The van der Waals surface area contributed by atoms with E-state index in [1.165, 1.54) is 0 Å². The largest absolute Gasteiger partial charge is 0.377 e. The van der Waals surface area contributed by atoms with Gasteiger partial charge in [-0.2, -0.15) is 0 Å². The SMILES string of the molecule is CN=C(NCC(C)(C)OC)N(C)Cc1ccon1. The normalized spacial score (nSPS) is 12.6. The molecule has 0 radical (unpaired) electrons. The predicted molar refractivity (Wildman–Crippen MR) is 70.4 cm³/mol. The highest BCUT2D eigenvalue weighted by Crippen LogP contribution is 2.05. The minimum absolute atomic E-state index is 0.231. The quantitative estimate of drug-likeness (QED) is 0.630. The van der Waals surface area contributed by atoms with Gasteiger partial charge in [0, 0.05) is 33.8 Å². The molecule has 0 saturated heterocycles. The molecule has 0 fully saturated rings. The number of rotatable bonds is 5. The van der Waals surface area contributed by atoms with Crippen LogP contribution < -0.4 is 5.32 Å². The fourth-order valence-electron chi connectivity index (χ4n) is 1.39. The van der Waals surface area contributed by atoms with Gasteiger partial charge in [-0.1, -0.05) is 5.16 Å². The first-order chi connectivity index (χ1) is 8.48. The Bertz CT molecular complexity index is 373. The van der Waals surface area contributed by atoms with E-state index in [-0.39, 0.29) is 5.60 Å². The monoisotopic (exact) mass is 254 g/mol. The zero-order valence-electron chi connectivity index (χ0n) is 11.7. The maximum absolute atomic E-state index is 5.35. The van der Waals surface area contributed by atoms with Crippen LogP contribution >= 0.6 is 0 Å². The van der Waals surface area contributed by atoms with Crippen molar-refractivity contribution in [3.63, 3.8) is 0 Å². The van der Waals surface area contributed by atoms with Gasteiger partial charge in [0.2, 0.25) is 0 Å². The lowest BCUT2D eigenvalue weighted by Crippen LogP contribution is -2.45. The van der Waals surface area contributed by atoms with E-state index in [1.807, 2.05) is 31.9 Å². The zero-order chi connectivity index (χ0) is 13.6. The van der Waals surface area contributed by atoms with Crippen molar-refractivity contribution in [1.82, 2.24) is 15.4 Å². The summed E-state index contributed by atoms with van der Waals surface area (Å²) in [6.07, 6.45) is 1.56. The average Bonchev–Trinajstić information content (AvgIpc) is 2.82. The average molecular weight is 254 g/mol. The summed E-state index contributed by atoms with van der Waals surface area (Å²) >= 11 is 0. The standard InChI is InChI=1S/C12H22N4O2/c1-12(2,17-5)9-14-11(13-3)16(4)8-10-6-7-18-15-10/h6-7H,8-9H2,1-5H3,(H,13,14). The van der Waals surface area contributed by atoms with Gasteiger partial charge in [0.05, 0.1) is 12.1 Å². The molecular weight excluding hydrogens is 232 g/mol. The highest BCUT2D eigenvalue weighted by atomic mass is 16.5. The summed E-state index contributed by atoms with van der Waals surface area (Å²) in [6, 6.07) is 1.84. The van der Waals surface area contributed by atoms with Crippen molar-refractivity contribution in [3.05, 3.63) is 18.0 Å². The molecule has 6 nitrogen and oxygen atoms in total. The van der Waals surface area contributed by atoms with E-state index in [0.717, 1.165) is 11.7 Å². The Balaban J connectivity index is 2.51. The third-order valence-electron chi connectivity index (χ3n) is 2.69. The second kappa shape index (κ2) is 6.39. The van der Waals surface area contributed by atoms with Gasteiger partial charge in [0.25, 0.3) is 0 Å². The lowest BCUT2D eigenvalue weighted by atomic mass is 10.1. The van der Waals surface area contributed by atoms with Gasteiger partial charge in [-0.05, 0) is 13.8 Å². The van der Waals surface area contributed by atoms with Crippen LogP contribution in [-0.2, 0) is 11.3 Å². The first-order valence-electron chi connectivity index (χ1n) is 5.84. The number of hydrogen-bond donors (Lipinski definition) is 1. The van der Waals surface area contributed by atoms with E-state index >= 15 is 0 Å². The number of hydrogen-bond acceptors (Lipinski definition) is 4. The topological polar surface area (TPSA) is 62.9 Å². The Morgan fingerprint density at radius 3 is 2.83 bits per heavy atom. The van der Waals surface area contributed by atoms with Crippen LogP contribution in [0.5, 0.6) is 0 Å². The van der Waals surface area contributed by atoms with Crippen molar-refractivity contribution in [2.45, 2.75) is 26.0 Å². The van der Waals surface area contributed by atoms with E-state index in [0.29, 0.717) is 13.1 Å². The van der Waals surface area contributed by atoms with Crippen molar-refractivity contribution in [2.24, 2.45) is 4.99 Å². The molecule has 1 heterocycles. The van der Waals surface area contributed by atoms with Crippen molar-refractivity contribution >= 4 is 5.96 Å². The molecule has 0 aliphatic rings. The summed E-state index contributed by atoms with van der Waals surface area (Å²) in [6.45, 7) is 5.36. The number of aliphatic imine (C=N–C) groups is 1. The second-order valence-electron chi connectivity index (χ2n) is 4.71. The molecule has 1 aromatic rings. The van der Waals surface area contributed by atoms with Crippen LogP contribution in [0.15, 0.2) is 21.8 Å². The smallest absolute Gasteiger partial charge is 0.193 e. The van der Waals surface area contributed by atoms with Gasteiger partial charge < -0.3 is 19.5 Å². The third-order valence-corrected chi connectivity index (χ3v) is 2.69. The lowest BCUT2D eigenvalue weighted by molar-refractivity contribution is 0.0264. The molecule has 6 heteroatoms. The van der Waals surface area contributed by atoms with E-state index in [4.69, 9.17) is 9.26 Å². The number of guanidine groups is 1. The molecule has 0 aliphatic heterocycles. The van der Waals surface area contributed by atoms with Gasteiger partial charge in [0.1, 0.15) is 12.0 Å². The van der Waals surface area contributed by atoms with Crippen LogP contribution in [0.3, 0.4) is 0 Å². The van der Waals surface area contributed by atoms with E-state index < -0.39 is 0 Å². The molecular formula is C12H22N4O2. The summed E-state index contributed by atoms with van der Waals surface area (Å²) in [5.74, 6) is 0.795. The third kappa shape index (κ3) is 4.37. The molecule has 1 rings (SSSR count). The van der Waals surface area contributed by atoms with Crippen LogP contribution in [0.25, 0.3) is 0 Å². The molecule has 0 aromatic carbocycles. The molecule has 0 amide bonds. The number of nitrogens with one attached hydrogen (secondary N) is 1. The van der Waals surface area contributed by atoms with Gasteiger partial charge >= 0.3 is 0 Å². The fourth-order valence-corrected chi connectivity index (χ4v) is 1.39. The van der Waals surface area contributed by atoms with Gasteiger partial charge in [-0.25, -0.2) is 0 Å². The van der Waals surface area contributed by atoms with E-state index in [2.05, 4.69) is 15.5 Å². The summed E-state index contributed by atoms with van der Waals surface area (Å²) < 4.78 is 10.2. The maximum Gasteiger partial charge on any atom is 0.193 e. The Hall–Kier alpha value is -1.56. The predicted octanol–water partition coefficient (Wildman–Crippen LogP) is 1.11. The minimum Gasteiger partial charge on any atom is -0.377 e. The van der Waals surface area contributed by atoms with Crippen LogP contribution in [0.1, 0.15) is 19.5 Å². The summed E-state index contributed by atoms with van der Waals surface area (Å²) in [5, 5.41) is 7.14. The van der Waals surface area contributed by atoms with Gasteiger partial charge in [-0.15, -0.1) is 0 Å². The number of nitrogens with zero attached hydrogens (tertiary/aromatic N) is 3. The molecule has 0 spiro atoms. The Morgan fingerprint density at radius 2 is 2.33 bits per heavy atom. The fraction of sp³-hybridized carbons (Fsp3) is 0.667. The molecule has 1 N–H and O–H groups in total. The molecule has 0 bridgehead atoms. The van der Waals surface area contributed by atoms with Crippen LogP contribution in [-0.4, -0.2) is 49.4 Å². The molecule has 18 heavy (non-hydrogen) atoms. The summed E-state index contributed by atoms with van der Waals surface area (Å²) in [5.41, 5.74) is 0.636. The first kappa shape index (κ1) is 14.5. The number of methoxy groups -OCH3 is 1. The van der Waals surface area contributed by atoms with Crippen LogP contribution in [0.2, 0.25) is 0 Å². The summed E-state index contributed by atoms with van der Waals surface area (Å²) in [4.78, 5) is 6.20. The van der Waals surface area contributed by atoms with Crippen molar-refractivity contribution < 1.29 is 9.26 Å². The Labute approximate surface area is 108 Å². The Morgan fingerprint density at radius 1 is 1.61 bits per heavy atom. The van der Waals surface area contributed by atoms with Crippen LogP contribution in [0.4, 0.5) is 0 Å². The first-order valence-corrected chi connectivity index (χ1v) is 5.84. The second-order valence-corrected chi connectivity index (χ2v) is 4.71. The van der Waals surface area contributed by atoms with E-state index in [9.17, 15) is 0 Å². The molecule has 0 saturated carbocycles. The van der Waals surface area contributed by atoms with Gasteiger partial charge in [0.15, 0.2) is 5.96 Å². The Kier molecular flexibility index (Phi) is 5.15. The van der Waals surface area contributed by atoms with Crippen molar-refractivity contribution in [3.8, 4) is 0 Å². The highest BCUT2D eigenvalue weighted by Gasteiger charge is 2.18. The highest BCUT2D eigenvalue weighted by molar-refractivity contribution is 5.79. The number of ether oxygens (including phenoxy) is 1.